The third kappa shape index (κ3) is 5.97. The largest absolute Gasteiger partial charge is 0.474 e. The molecule has 2 aliphatic rings. The van der Waals surface area contributed by atoms with Crippen LogP contribution in [0.2, 0.25) is 0 Å². The first-order valence-electron chi connectivity index (χ1n) is 12.3. The second-order valence-electron chi connectivity index (χ2n) is 9.28. The van der Waals surface area contributed by atoms with E-state index in [0.29, 0.717) is 11.8 Å². The Kier molecular flexibility index (Phi) is 7.19. The van der Waals surface area contributed by atoms with Gasteiger partial charge in [0.05, 0.1) is 4.88 Å². The van der Waals surface area contributed by atoms with E-state index in [1.165, 1.54) is 0 Å². The van der Waals surface area contributed by atoms with Crippen molar-refractivity contribution in [2.75, 3.05) is 18.4 Å². The van der Waals surface area contributed by atoms with Crippen LogP contribution < -0.4 is 26.8 Å². The van der Waals surface area contributed by atoms with Gasteiger partial charge in [0.1, 0.15) is 16.7 Å². The number of rotatable bonds is 7. The van der Waals surface area contributed by atoms with Gasteiger partial charge in [0, 0.05) is 24.1 Å². The van der Waals surface area contributed by atoms with Crippen LogP contribution in [0, 0.1) is 6.92 Å². The molecule has 1 amide bonds. The number of carbonyl (C=O) groups is 1. The van der Waals surface area contributed by atoms with E-state index in [1.54, 1.807) is 23.6 Å². The Bertz CT molecular complexity index is 1300. The standard InChI is InChI=1S/C25H30N8O3S/c1-15-11-16(19-14-30-21(37-19)25(6-2-7-25)33-22(26)36-23(27)34)13-17(12-15)31-24-29-10-5-20(32-24)35-18-3-8-28-9-4-18/h5,10-14,18,28H,2-4,6-9H2,1H3,(H2,26,33)(H2,27,34)(H,29,31,32). The van der Waals surface area contributed by atoms with Gasteiger partial charge in [-0.05, 0) is 75.4 Å². The molecule has 194 valence electrons. The van der Waals surface area contributed by atoms with E-state index < -0.39 is 11.6 Å². The number of carbonyl (C=O) groups excluding carboxylic acids is 1. The summed E-state index contributed by atoms with van der Waals surface area (Å²) >= 11 is 1.55. The fourth-order valence-corrected chi connectivity index (χ4v) is 5.62. The minimum absolute atomic E-state index is 0.163. The SMILES string of the molecule is Cc1cc(Nc2nccc(OC3CCNCC3)n2)cc(-c2cnc(C3(N=C(N)OC(N)=O)CCC3)s2)c1. The van der Waals surface area contributed by atoms with Crippen LogP contribution >= 0.6 is 11.3 Å². The zero-order valence-electron chi connectivity index (χ0n) is 20.6. The Hall–Kier alpha value is -3.77. The van der Waals surface area contributed by atoms with Crippen LogP contribution in [0.1, 0.15) is 42.7 Å². The van der Waals surface area contributed by atoms with Crippen LogP contribution in [0.3, 0.4) is 0 Å². The minimum Gasteiger partial charge on any atom is -0.474 e. The number of nitrogens with two attached hydrogens (primary N) is 2. The van der Waals surface area contributed by atoms with Gasteiger partial charge in [-0.25, -0.2) is 19.8 Å². The fraction of sp³-hybridized carbons (Fsp3) is 0.400. The summed E-state index contributed by atoms with van der Waals surface area (Å²) in [5, 5.41) is 7.47. The van der Waals surface area contributed by atoms with Gasteiger partial charge in [-0.2, -0.15) is 4.98 Å². The first-order chi connectivity index (χ1) is 17.9. The summed E-state index contributed by atoms with van der Waals surface area (Å²) in [6, 6.07) is 7.72. The van der Waals surface area contributed by atoms with Gasteiger partial charge < -0.3 is 31.6 Å². The van der Waals surface area contributed by atoms with Gasteiger partial charge in [0.2, 0.25) is 11.8 Å². The normalized spacial score (nSPS) is 17.6. The third-order valence-electron chi connectivity index (χ3n) is 6.44. The molecule has 2 fully saturated rings. The first kappa shape index (κ1) is 24.9. The van der Waals surface area contributed by atoms with Crippen LogP contribution in [0.15, 0.2) is 41.7 Å². The number of hydrogen-bond acceptors (Lipinski definition) is 10. The maximum absolute atomic E-state index is 11.0. The lowest BCUT2D eigenvalue weighted by Crippen LogP contribution is -2.36. The van der Waals surface area contributed by atoms with Crippen LogP contribution in [-0.4, -0.2) is 46.3 Å². The van der Waals surface area contributed by atoms with Gasteiger partial charge in [-0.15, -0.1) is 11.3 Å². The van der Waals surface area contributed by atoms with Crippen molar-refractivity contribution >= 4 is 35.1 Å². The Morgan fingerprint density at radius 2 is 2.03 bits per heavy atom. The number of amidine groups is 1. The van der Waals surface area contributed by atoms with Gasteiger partial charge >= 0.3 is 6.09 Å². The molecule has 6 N–H and O–H groups in total. The molecule has 0 spiro atoms. The summed E-state index contributed by atoms with van der Waals surface area (Å²) < 4.78 is 10.8. The Labute approximate surface area is 218 Å². The highest BCUT2D eigenvalue weighted by Gasteiger charge is 2.42. The van der Waals surface area contributed by atoms with E-state index in [9.17, 15) is 4.79 Å². The van der Waals surface area contributed by atoms with Crippen molar-refractivity contribution in [2.45, 2.75) is 50.7 Å². The zero-order valence-corrected chi connectivity index (χ0v) is 21.4. The van der Waals surface area contributed by atoms with Crippen LogP contribution in [-0.2, 0) is 10.3 Å². The molecule has 5 rings (SSSR count). The molecule has 0 radical (unpaired) electrons. The van der Waals surface area contributed by atoms with Crippen LogP contribution in [0.5, 0.6) is 5.88 Å². The van der Waals surface area contributed by atoms with Crippen molar-refractivity contribution < 1.29 is 14.3 Å². The lowest BCUT2D eigenvalue weighted by Gasteiger charge is -2.36. The average Bonchev–Trinajstić information content (AvgIpc) is 3.32. The van der Waals surface area contributed by atoms with Gasteiger partial charge in [0.15, 0.2) is 0 Å². The summed E-state index contributed by atoms with van der Waals surface area (Å²) in [6.45, 7) is 3.94. The summed E-state index contributed by atoms with van der Waals surface area (Å²) in [5.41, 5.74) is 13.2. The zero-order chi connectivity index (χ0) is 25.8. The average molecular weight is 523 g/mol. The number of nitrogens with one attached hydrogen (secondary N) is 2. The molecule has 1 saturated heterocycles. The molecule has 11 nitrogen and oxygen atoms in total. The number of amides is 1. The molecule has 0 atom stereocenters. The van der Waals surface area contributed by atoms with Gasteiger partial charge in [-0.3, -0.25) is 0 Å². The first-order valence-corrected chi connectivity index (χ1v) is 13.1. The molecule has 0 unspecified atom stereocenters. The highest BCUT2D eigenvalue weighted by molar-refractivity contribution is 7.15. The third-order valence-corrected chi connectivity index (χ3v) is 7.68. The predicted molar refractivity (Wildman–Crippen MR) is 142 cm³/mol. The molecule has 0 bridgehead atoms. The lowest BCUT2D eigenvalue weighted by molar-refractivity contribution is 0.156. The number of aromatic nitrogens is 3. The maximum Gasteiger partial charge on any atom is 0.412 e. The quantitative estimate of drug-likeness (QED) is 0.268. The van der Waals surface area contributed by atoms with Crippen molar-refractivity contribution in [2.24, 2.45) is 16.5 Å². The number of benzene rings is 1. The minimum atomic E-state index is -0.984. The molecule has 12 heteroatoms. The number of hydrogen-bond donors (Lipinski definition) is 4. The topological polar surface area (TPSA) is 163 Å². The summed E-state index contributed by atoms with van der Waals surface area (Å²) in [4.78, 5) is 30.0. The molecular formula is C25H30N8O3S. The Morgan fingerprint density at radius 1 is 1.22 bits per heavy atom. The van der Waals surface area contributed by atoms with E-state index in [0.717, 1.165) is 71.9 Å². The molecule has 3 heterocycles. The second kappa shape index (κ2) is 10.7. The summed E-state index contributed by atoms with van der Waals surface area (Å²) in [7, 11) is 0. The van der Waals surface area contributed by atoms with Crippen molar-refractivity contribution in [3.8, 4) is 16.3 Å². The second-order valence-corrected chi connectivity index (χ2v) is 10.3. The molecule has 1 aliphatic heterocycles. The number of aliphatic imine (C=N–C) groups is 1. The molecule has 1 saturated carbocycles. The molecule has 2 aromatic heterocycles. The molecule has 1 aliphatic carbocycles. The summed E-state index contributed by atoms with van der Waals surface area (Å²) in [6.07, 6.45) is 7.17. The number of aryl methyl sites for hydroxylation is 1. The van der Waals surface area contributed by atoms with Crippen molar-refractivity contribution in [1.29, 1.82) is 0 Å². The summed E-state index contributed by atoms with van der Waals surface area (Å²) in [5.74, 6) is 1.04. The van der Waals surface area contributed by atoms with E-state index in [4.69, 9.17) is 20.9 Å². The maximum atomic E-state index is 11.0. The Balaban J connectivity index is 1.34. The van der Waals surface area contributed by atoms with Gasteiger partial charge in [0.25, 0.3) is 6.02 Å². The van der Waals surface area contributed by atoms with Gasteiger partial charge in [-0.1, -0.05) is 6.07 Å². The van der Waals surface area contributed by atoms with Crippen molar-refractivity contribution in [1.82, 2.24) is 20.3 Å². The fourth-order valence-electron chi connectivity index (χ4n) is 4.52. The number of primary amides is 1. The number of anilines is 2. The van der Waals surface area contributed by atoms with E-state index >= 15 is 0 Å². The predicted octanol–water partition coefficient (Wildman–Crippen LogP) is 3.57. The molecule has 3 aromatic rings. The van der Waals surface area contributed by atoms with Crippen LogP contribution in [0.4, 0.5) is 16.4 Å². The molecular weight excluding hydrogens is 492 g/mol. The number of ether oxygens (including phenoxy) is 2. The van der Waals surface area contributed by atoms with Crippen molar-refractivity contribution in [3.05, 3.63) is 47.2 Å². The highest BCUT2D eigenvalue weighted by atomic mass is 32.1. The van der Waals surface area contributed by atoms with E-state index in [1.807, 2.05) is 25.3 Å². The van der Waals surface area contributed by atoms with Crippen LogP contribution in [0.25, 0.3) is 10.4 Å². The molecule has 1 aromatic carbocycles. The number of piperidine rings is 1. The van der Waals surface area contributed by atoms with Crippen molar-refractivity contribution in [3.63, 3.8) is 0 Å². The van der Waals surface area contributed by atoms with E-state index in [-0.39, 0.29) is 12.1 Å². The highest BCUT2D eigenvalue weighted by Crippen LogP contribution is 2.47. The number of nitrogens with zero attached hydrogens (tertiary/aromatic N) is 4. The molecule has 37 heavy (non-hydrogen) atoms. The smallest absolute Gasteiger partial charge is 0.412 e. The monoisotopic (exact) mass is 522 g/mol. The Morgan fingerprint density at radius 3 is 2.76 bits per heavy atom. The number of thiazole rings is 1. The van der Waals surface area contributed by atoms with E-state index in [2.05, 4.69) is 36.6 Å². The lowest BCUT2D eigenvalue weighted by atomic mass is 9.78.